The van der Waals surface area contributed by atoms with Crippen molar-refractivity contribution in [1.82, 2.24) is 10.1 Å². The summed E-state index contributed by atoms with van der Waals surface area (Å²) in [6.45, 7) is 2.96. The summed E-state index contributed by atoms with van der Waals surface area (Å²) < 4.78 is 11.2. The van der Waals surface area contributed by atoms with Gasteiger partial charge in [-0.15, -0.1) is 0 Å². The summed E-state index contributed by atoms with van der Waals surface area (Å²) in [5.74, 6) is 2.60. The number of hydrogen-bond acceptors (Lipinski definition) is 5. The number of fused-ring (bicyclic) bond motifs is 2. The standard InChI is InChI=1S/C14H23N3O2/c1-9(6-7-15)2-5-13-16-14(17-19-13)11-8-10-3-4-12(11)18-10/h9-12H,2-8,15H2,1H3. The lowest BCUT2D eigenvalue weighted by Gasteiger charge is -2.13. The number of nitrogens with two attached hydrogens (primary N) is 1. The number of aryl methyl sites for hydroxylation is 1. The lowest BCUT2D eigenvalue weighted by molar-refractivity contribution is 0.0996. The minimum absolute atomic E-state index is 0.326. The van der Waals surface area contributed by atoms with Crippen LogP contribution in [0.4, 0.5) is 0 Å². The maximum atomic E-state index is 5.84. The average Bonchev–Trinajstić information content (AvgIpc) is 3.12. The largest absolute Gasteiger partial charge is 0.374 e. The van der Waals surface area contributed by atoms with Crippen molar-refractivity contribution >= 4 is 0 Å². The molecular weight excluding hydrogens is 242 g/mol. The molecule has 2 aliphatic rings. The highest BCUT2D eigenvalue weighted by molar-refractivity contribution is 5.06. The molecule has 2 aliphatic heterocycles. The first-order chi connectivity index (χ1) is 9.26. The molecule has 2 fully saturated rings. The molecule has 2 N–H and O–H groups in total. The maximum absolute atomic E-state index is 5.84. The first kappa shape index (κ1) is 13.1. The van der Waals surface area contributed by atoms with Gasteiger partial charge in [0.2, 0.25) is 5.89 Å². The molecule has 3 heterocycles. The van der Waals surface area contributed by atoms with Crippen molar-refractivity contribution in [3.05, 3.63) is 11.7 Å². The maximum Gasteiger partial charge on any atom is 0.226 e. The van der Waals surface area contributed by atoms with Crippen molar-refractivity contribution in [2.24, 2.45) is 11.7 Å². The predicted octanol–water partition coefficient (Wildman–Crippen LogP) is 2.02. The highest BCUT2D eigenvalue weighted by Crippen LogP contribution is 2.43. The molecule has 0 aromatic carbocycles. The lowest BCUT2D eigenvalue weighted by atomic mass is 9.89. The Morgan fingerprint density at radius 2 is 2.26 bits per heavy atom. The second-order valence-corrected chi connectivity index (χ2v) is 5.98. The van der Waals surface area contributed by atoms with Crippen molar-refractivity contribution in [2.45, 2.75) is 63.6 Å². The molecule has 4 unspecified atom stereocenters. The molecule has 3 rings (SSSR count). The van der Waals surface area contributed by atoms with E-state index in [1.165, 1.54) is 6.42 Å². The third kappa shape index (κ3) is 2.82. The van der Waals surface area contributed by atoms with Crippen molar-refractivity contribution in [3.63, 3.8) is 0 Å². The molecule has 0 radical (unpaired) electrons. The molecule has 0 spiro atoms. The first-order valence-corrected chi connectivity index (χ1v) is 7.44. The number of nitrogens with zero attached hydrogens (tertiary/aromatic N) is 2. The highest BCUT2D eigenvalue weighted by atomic mass is 16.5. The summed E-state index contributed by atoms with van der Waals surface area (Å²) >= 11 is 0. The Bertz CT molecular complexity index is 421. The Morgan fingerprint density at radius 3 is 2.95 bits per heavy atom. The number of rotatable bonds is 6. The molecule has 5 nitrogen and oxygen atoms in total. The summed E-state index contributed by atoms with van der Waals surface area (Å²) in [6, 6.07) is 0. The SMILES string of the molecule is CC(CCN)CCc1nc(C2CC3CCC2O3)no1. The molecule has 0 amide bonds. The van der Waals surface area contributed by atoms with Crippen LogP contribution in [0.5, 0.6) is 0 Å². The fourth-order valence-electron chi connectivity index (χ4n) is 3.23. The van der Waals surface area contributed by atoms with E-state index in [9.17, 15) is 0 Å². The summed E-state index contributed by atoms with van der Waals surface area (Å²) in [4.78, 5) is 4.55. The third-order valence-electron chi connectivity index (χ3n) is 4.43. The molecule has 5 heteroatoms. The Labute approximate surface area is 113 Å². The van der Waals surface area contributed by atoms with Crippen LogP contribution in [0.1, 0.15) is 56.7 Å². The van der Waals surface area contributed by atoms with Gasteiger partial charge in [0.05, 0.1) is 18.1 Å². The zero-order chi connectivity index (χ0) is 13.2. The Morgan fingerprint density at radius 1 is 1.37 bits per heavy atom. The molecule has 0 saturated carbocycles. The van der Waals surface area contributed by atoms with E-state index in [0.717, 1.165) is 50.4 Å². The number of hydrogen-bond donors (Lipinski definition) is 1. The first-order valence-electron chi connectivity index (χ1n) is 7.44. The van der Waals surface area contributed by atoms with Crippen LogP contribution in [0, 0.1) is 5.92 Å². The van der Waals surface area contributed by atoms with Crippen LogP contribution in [0.25, 0.3) is 0 Å². The lowest BCUT2D eigenvalue weighted by Crippen LogP contribution is -2.15. The smallest absolute Gasteiger partial charge is 0.226 e. The van der Waals surface area contributed by atoms with Crippen molar-refractivity contribution in [1.29, 1.82) is 0 Å². The van der Waals surface area contributed by atoms with E-state index >= 15 is 0 Å². The van der Waals surface area contributed by atoms with Gasteiger partial charge < -0.3 is 15.0 Å². The summed E-state index contributed by atoms with van der Waals surface area (Å²) in [5.41, 5.74) is 5.55. The minimum Gasteiger partial charge on any atom is -0.374 e. The van der Waals surface area contributed by atoms with Gasteiger partial charge in [0.25, 0.3) is 0 Å². The van der Waals surface area contributed by atoms with E-state index in [1.54, 1.807) is 0 Å². The topological polar surface area (TPSA) is 74.2 Å². The Hall–Kier alpha value is -0.940. The summed E-state index contributed by atoms with van der Waals surface area (Å²) in [6.07, 6.45) is 7.14. The van der Waals surface area contributed by atoms with Crippen LogP contribution >= 0.6 is 0 Å². The third-order valence-corrected chi connectivity index (χ3v) is 4.43. The fourth-order valence-corrected chi connectivity index (χ4v) is 3.23. The second-order valence-electron chi connectivity index (χ2n) is 5.98. The molecule has 0 aliphatic carbocycles. The zero-order valence-corrected chi connectivity index (χ0v) is 11.5. The van der Waals surface area contributed by atoms with Crippen molar-refractivity contribution in [2.75, 3.05) is 6.54 Å². The van der Waals surface area contributed by atoms with E-state index < -0.39 is 0 Å². The predicted molar refractivity (Wildman–Crippen MR) is 70.7 cm³/mol. The minimum atomic E-state index is 0.326. The van der Waals surface area contributed by atoms with E-state index in [0.29, 0.717) is 24.0 Å². The van der Waals surface area contributed by atoms with E-state index in [1.807, 2.05) is 0 Å². The monoisotopic (exact) mass is 265 g/mol. The molecule has 19 heavy (non-hydrogen) atoms. The van der Waals surface area contributed by atoms with Gasteiger partial charge in [-0.05, 0) is 44.6 Å². The van der Waals surface area contributed by atoms with Gasteiger partial charge in [-0.25, -0.2) is 0 Å². The van der Waals surface area contributed by atoms with Gasteiger partial charge in [0, 0.05) is 6.42 Å². The van der Waals surface area contributed by atoms with Crippen LogP contribution in [0.3, 0.4) is 0 Å². The van der Waals surface area contributed by atoms with Gasteiger partial charge in [0.1, 0.15) is 0 Å². The molecule has 4 atom stereocenters. The van der Waals surface area contributed by atoms with Gasteiger partial charge in [-0.3, -0.25) is 0 Å². The van der Waals surface area contributed by atoms with Gasteiger partial charge in [-0.2, -0.15) is 4.98 Å². The normalized spacial score (nSPS) is 30.9. The van der Waals surface area contributed by atoms with Gasteiger partial charge in [-0.1, -0.05) is 12.1 Å². The summed E-state index contributed by atoms with van der Waals surface area (Å²) in [7, 11) is 0. The second kappa shape index (κ2) is 5.59. The van der Waals surface area contributed by atoms with Gasteiger partial charge >= 0.3 is 0 Å². The van der Waals surface area contributed by atoms with E-state index in [-0.39, 0.29) is 0 Å². The molecule has 1 aromatic rings. The summed E-state index contributed by atoms with van der Waals surface area (Å²) in [5, 5.41) is 4.15. The van der Waals surface area contributed by atoms with Crippen molar-refractivity contribution < 1.29 is 9.26 Å². The van der Waals surface area contributed by atoms with Crippen molar-refractivity contribution in [3.8, 4) is 0 Å². The van der Waals surface area contributed by atoms with Gasteiger partial charge in [0.15, 0.2) is 5.82 Å². The number of ether oxygens (including phenoxy) is 1. The average molecular weight is 265 g/mol. The quantitative estimate of drug-likeness (QED) is 0.851. The Balaban J connectivity index is 1.55. The molecule has 2 bridgehead atoms. The van der Waals surface area contributed by atoms with Crippen LogP contribution in [-0.2, 0) is 11.2 Å². The zero-order valence-electron chi connectivity index (χ0n) is 11.5. The highest BCUT2D eigenvalue weighted by Gasteiger charge is 2.43. The van der Waals surface area contributed by atoms with E-state index in [2.05, 4.69) is 17.1 Å². The Kier molecular flexibility index (Phi) is 3.84. The number of aromatic nitrogens is 2. The van der Waals surface area contributed by atoms with E-state index in [4.69, 9.17) is 15.0 Å². The molecular formula is C14H23N3O2. The van der Waals surface area contributed by atoms with Crippen LogP contribution in [-0.4, -0.2) is 28.9 Å². The van der Waals surface area contributed by atoms with Crippen LogP contribution in [0.2, 0.25) is 0 Å². The van der Waals surface area contributed by atoms with Crippen LogP contribution < -0.4 is 5.73 Å². The molecule has 106 valence electrons. The molecule has 2 saturated heterocycles. The van der Waals surface area contributed by atoms with Crippen LogP contribution in [0.15, 0.2) is 4.52 Å². The fraction of sp³-hybridized carbons (Fsp3) is 0.857. The molecule has 1 aromatic heterocycles.